The lowest BCUT2D eigenvalue weighted by Crippen LogP contribution is -2.46. The summed E-state index contributed by atoms with van der Waals surface area (Å²) in [7, 11) is 0. The number of aromatic nitrogens is 2. The smallest absolute Gasteiger partial charge is 0.261 e. The molecule has 2 heterocycles. The summed E-state index contributed by atoms with van der Waals surface area (Å²) in [6.45, 7) is 7.00. The van der Waals surface area contributed by atoms with Crippen molar-refractivity contribution in [3.63, 3.8) is 0 Å². The number of carbonyl (C=O) groups excluding carboxylic acids is 1. The fourth-order valence-electron chi connectivity index (χ4n) is 3.60. The summed E-state index contributed by atoms with van der Waals surface area (Å²) in [5.41, 5.74) is 0.00260. The number of hydrogen-bond donors (Lipinski definition) is 1. The van der Waals surface area contributed by atoms with Crippen molar-refractivity contribution >= 4 is 16.8 Å². The van der Waals surface area contributed by atoms with Gasteiger partial charge in [-0.1, -0.05) is 6.92 Å². The summed E-state index contributed by atoms with van der Waals surface area (Å²) in [4.78, 5) is 31.2. The maximum atomic E-state index is 13.4. The minimum Gasteiger partial charge on any atom is -0.351 e. The Hall–Kier alpha value is -2.28. The first-order chi connectivity index (χ1) is 12.4. The van der Waals surface area contributed by atoms with Crippen molar-refractivity contribution in [1.82, 2.24) is 19.8 Å². The van der Waals surface area contributed by atoms with Crippen LogP contribution in [0.5, 0.6) is 0 Å². The standard InChI is InChI=1S/C19H25FN4O2/c1-13-4-3-7-23(9-13)10-14(2)22-18(25)11-24-12-21-17-6-5-15(20)8-16(17)19(24)26/h5-6,8,12-14H,3-4,7,9-11H2,1-2H3,(H,22,25)/t13-,14-/m1/s1. The van der Waals surface area contributed by atoms with Crippen LogP contribution in [0, 0.1) is 11.7 Å². The maximum Gasteiger partial charge on any atom is 0.261 e. The molecule has 0 bridgehead atoms. The molecule has 1 aliphatic heterocycles. The van der Waals surface area contributed by atoms with Gasteiger partial charge in [-0.05, 0) is 50.4 Å². The van der Waals surface area contributed by atoms with Crippen molar-refractivity contribution in [2.75, 3.05) is 19.6 Å². The highest BCUT2D eigenvalue weighted by atomic mass is 19.1. The number of fused-ring (bicyclic) bond motifs is 1. The molecule has 140 valence electrons. The SMILES string of the molecule is C[C@@H]1CCCN(C[C@@H](C)NC(=O)Cn2cnc3ccc(F)cc3c2=O)C1. The van der Waals surface area contributed by atoms with Gasteiger partial charge in [0.25, 0.3) is 5.56 Å². The van der Waals surface area contributed by atoms with Gasteiger partial charge in [-0.3, -0.25) is 14.2 Å². The minimum atomic E-state index is -0.497. The topological polar surface area (TPSA) is 67.2 Å². The summed E-state index contributed by atoms with van der Waals surface area (Å²) in [5, 5.41) is 3.11. The lowest BCUT2D eigenvalue weighted by molar-refractivity contribution is -0.122. The van der Waals surface area contributed by atoms with E-state index in [1.807, 2.05) is 6.92 Å². The normalized spacial score (nSPS) is 19.4. The average Bonchev–Trinajstić information content (AvgIpc) is 2.57. The van der Waals surface area contributed by atoms with E-state index in [1.165, 1.54) is 35.9 Å². The van der Waals surface area contributed by atoms with Crippen LogP contribution in [-0.4, -0.2) is 46.0 Å². The van der Waals surface area contributed by atoms with Gasteiger partial charge in [-0.2, -0.15) is 0 Å². The molecule has 0 spiro atoms. The Kier molecular flexibility index (Phi) is 5.66. The Morgan fingerprint density at radius 3 is 3.04 bits per heavy atom. The summed E-state index contributed by atoms with van der Waals surface area (Å²) in [5.74, 6) is -0.0560. The zero-order chi connectivity index (χ0) is 18.7. The molecular weight excluding hydrogens is 335 g/mol. The van der Waals surface area contributed by atoms with E-state index >= 15 is 0 Å². The van der Waals surface area contributed by atoms with E-state index in [0.717, 1.165) is 25.7 Å². The Morgan fingerprint density at radius 1 is 1.46 bits per heavy atom. The van der Waals surface area contributed by atoms with Gasteiger partial charge in [-0.25, -0.2) is 9.37 Å². The minimum absolute atomic E-state index is 0.00522. The molecule has 1 aliphatic rings. The fourth-order valence-corrected chi connectivity index (χ4v) is 3.60. The fraction of sp³-hybridized carbons (Fsp3) is 0.526. The molecule has 6 nitrogen and oxygen atoms in total. The third kappa shape index (κ3) is 4.46. The number of nitrogens with one attached hydrogen (secondary N) is 1. The Balaban J connectivity index is 1.61. The number of halogens is 1. The van der Waals surface area contributed by atoms with Crippen LogP contribution in [0.3, 0.4) is 0 Å². The van der Waals surface area contributed by atoms with Crippen LogP contribution in [0.1, 0.15) is 26.7 Å². The molecule has 1 aromatic carbocycles. The molecule has 26 heavy (non-hydrogen) atoms. The Morgan fingerprint density at radius 2 is 2.27 bits per heavy atom. The number of carbonyl (C=O) groups is 1. The van der Waals surface area contributed by atoms with E-state index in [-0.39, 0.29) is 23.9 Å². The number of nitrogens with zero attached hydrogens (tertiary/aromatic N) is 3. The molecule has 7 heteroatoms. The number of rotatable bonds is 5. The number of benzene rings is 1. The van der Waals surface area contributed by atoms with Gasteiger partial charge >= 0.3 is 0 Å². The Labute approximate surface area is 152 Å². The summed E-state index contributed by atoms with van der Waals surface area (Å²) >= 11 is 0. The third-order valence-corrected chi connectivity index (χ3v) is 4.78. The highest BCUT2D eigenvalue weighted by molar-refractivity contribution is 5.79. The largest absolute Gasteiger partial charge is 0.351 e. The predicted molar refractivity (Wildman–Crippen MR) is 98.4 cm³/mol. The van der Waals surface area contributed by atoms with Crippen LogP contribution >= 0.6 is 0 Å². The highest BCUT2D eigenvalue weighted by Crippen LogP contribution is 2.15. The van der Waals surface area contributed by atoms with E-state index < -0.39 is 11.4 Å². The number of likely N-dealkylation sites (tertiary alicyclic amines) is 1. The first kappa shape index (κ1) is 18.5. The molecule has 0 saturated carbocycles. The number of amides is 1. The van der Waals surface area contributed by atoms with Gasteiger partial charge in [0.1, 0.15) is 12.4 Å². The molecular formula is C19H25FN4O2. The number of piperidine rings is 1. The summed E-state index contributed by atoms with van der Waals surface area (Å²) < 4.78 is 14.6. The second-order valence-corrected chi connectivity index (χ2v) is 7.31. The second-order valence-electron chi connectivity index (χ2n) is 7.31. The quantitative estimate of drug-likeness (QED) is 0.883. The first-order valence-corrected chi connectivity index (χ1v) is 9.09. The van der Waals surface area contributed by atoms with E-state index in [1.54, 1.807) is 0 Å². The Bertz CT molecular complexity index is 851. The molecule has 1 saturated heterocycles. The zero-order valence-electron chi connectivity index (χ0n) is 15.2. The first-order valence-electron chi connectivity index (χ1n) is 9.09. The van der Waals surface area contributed by atoms with Crippen molar-refractivity contribution in [3.05, 3.63) is 40.7 Å². The van der Waals surface area contributed by atoms with Crippen molar-refractivity contribution < 1.29 is 9.18 Å². The van der Waals surface area contributed by atoms with E-state index in [4.69, 9.17) is 0 Å². The van der Waals surface area contributed by atoms with Crippen LogP contribution in [0.15, 0.2) is 29.3 Å². The van der Waals surface area contributed by atoms with Crippen LogP contribution in [0.25, 0.3) is 10.9 Å². The third-order valence-electron chi connectivity index (χ3n) is 4.78. The molecule has 0 aliphatic carbocycles. The highest BCUT2D eigenvalue weighted by Gasteiger charge is 2.19. The van der Waals surface area contributed by atoms with Crippen molar-refractivity contribution in [2.24, 2.45) is 5.92 Å². The molecule has 1 amide bonds. The van der Waals surface area contributed by atoms with Crippen molar-refractivity contribution in [2.45, 2.75) is 39.3 Å². The predicted octanol–water partition coefficient (Wildman–Crippen LogP) is 1.77. The molecule has 2 atom stereocenters. The van der Waals surface area contributed by atoms with Crippen LogP contribution in [0.2, 0.25) is 0 Å². The summed E-state index contributed by atoms with van der Waals surface area (Å²) in [6.07, 6.45) is 3.78. The van der Waals surface area contributed by atoms with Gasteiger partial charge < -0.3 is 10.2 Å². The van der Waals surface area contributed by atoms with Crippen LogP contribution in [-0.2, 0) is 11.3 Å². The van der Waals surface area contributed by atoms with Gasteiger partial charge in [0.15, 0.2) is 0 Å². The molecule has 1 fully saturated rings. The van der Waals surface area contributed by atoms with Gasteiger partial charge in [-0.15, -0.1) is 0 Å². The van der Waals surface area contributed by atoms with Crippen LogP contribution in [0.4, 0.5) is 4.39 Å². The second kappa shape index (κ2) is 7.95. The average molecular weight is 360 g/mol. The molecule has 1 N–H and O–H groups in total. The van der Waals surface area contributed by atoms with Crippen molar-refractivity contribution in [1.29, 1.82) is 0 Å². The van der Waals surface area contributed by atoms with Gasteiger partial charge in [0.05, 0.1) is 17.2 Å². The van der Waals surface area contributed by atoms with E-state index in [0.29, 0.717) is 11.4 Å². The van der Waals surface area contributed by atoms with Gasteiger partial charge in [0.2, 0.25) is 5.91 Å². The molecule has 1 aromatic heterocycles. The lowest BCUT2D eigenvalue weighted by atomic mass is 10.00. The molecule has 0 unspecified atom stereocenters. The monoisotopic (exact) mass is 360 g/mol. The molecule has 3 rings (SSSR count). The maximum absolute atomic E-state index is 13.4. The molecule has 2 aromatic rings. The van der Waals surface area contributed by atoms with Crippen molar-refractivity contribution in [3.8, 4) is 0 Å². The zero-order valence-corrected chi connectivity index (χ0v) is 15.2. The van der Waals surface area contributed by atoms with Gasteiger partial charge in [0, 0.05) is 19.1 Å². The summed E-state index contributed by atoms with van der Waals surface area (Å²) in [6, 6.07) is 3.86. The van der Waals surface area contributed by atoms with E-state index in [9.17, 15) is 14.0 Å². The van der Waals surface area contributed by atoms with E-state index in [2.05, 4.69) is 22.1 Å². The molecule has 0 radical (unpaired) electrons. The van der Waals surface area contributed by atoms with Crippen LogP contribution < -0.4 is 10.9 Å². The lowest BCUT2D eigenvalue weighted by Gasteiger charge is -2.32. The number of hydrogen-bond acceptors (Lipinski definition) is 4.